The van der Waals surface area contributed by atoms with Gasteiger partial charge in [-0.15, -0.1) is 0 Å². The Balaban J connectivity index is 2.02. The highest BCUT2D eigenvalue weighted by molar-refractivity contribution is 5.31. The molecule has 18 heavy (non-hydrogen) atoms. The number of rotatable bonds is 6. The van der Waals surface area contributed by atoms with Crippen molar-refractivity contribution < 1.29 is 0 Å². The number of aryl methyl sites for hydroxylation is 1. The summed E-state index contributed by atoms with van der Waals surface area (Å²) >= 11 is 0. The quantitative estimate of drug-likeness (QED) is 0.814. The zero-order chi connectivity index (χ0) is 13.0. The number of unbranched alkanes of at least 4 members (excludes halogenated alkanes) is 1. The van der Waals surface area contributed by atoms with Gasteiger partial charge in [0.15, 0.2) is 0 Å². The van der Waals surface area contributed by atoms with E-state index in [1.807, 2.05) is 0 Å². The molecule has 0 saturated heterocycles. The van der Waals surface area contributed by atoms with Crippen LogP contribution in [0, 0.1) is 6.92 Å². The van der Waals surface area contributed by atoms with E-state index in [1.54, 1.807) is 0 Å². The maximum Gasteiger partial charge on any atom is 0.203 e. The molecule has 0 aromatic carbocycles. The second kappa shape index (κ2) is 6.26. The maximum absolute atomic E-state index is 4.66. The van der Waals surface area contributed by atoms with E-state index in [0.29, 0.717) is 12.1 Å². The summed E-state index contributed by atoms with van der Waals surface area (Å²) in [5, 5.41) is 3.59. The van der Waals surface area contributed by atoms with Crippen LogP contribution in [0.25, 0.3) is 0 Å². The normalized spacial score (nSPS) is 18.2. The van der Waals surface area contributed by atoms with Gasteiger partial charge in [0, 0.05) is 18.3 Å². The van der Waals surface area contributed by atoms with Crippen LogP contribution < -0.4 is 5.32 Å². The molecule has 102 valence electrons. The Bertz CT molecular complexity index is 364. The van der Waals surface area contributed by atoms with Gasteiger partial charge in [0.1, 0.15) is 0 Å². The Hall–Kier alpha value is -0.990. The summed E-state index contributed by atoms with van der Waals surface area (Å²) in [6, 6.07) is 1.19. The summed E-state index contributed by atoms with van der Waals surface area (Å²) in [4.78, 5) is 4.66. The summed E-state index contributed by atoms with van der Waals surface area (Å²) in [6.45, 7) is 6.60. The summed E-state index contributed by atoms with van der Waals surface area (Å²) in [5.74, 6) is 1.09. The highest BCUT2D eigenvalue weighted by Gasteiger charge is 2.20. The predicted molar refractivity (Wildman–Crippen MR) is 77.1 cm³/mol. The molecule has 1 fully saturated rings. The van der Waals surface area contributed by atoms with Crippen LogP contribution in [0.2, 0.25) is 0 Å². The number of nitrogens with one attached hydrogen (secondary N) is 1. The summed E-state index contributed by atoms with van der Waals surface area (Å²) in [7, 11) is 0. The summed E-state index contributed by atoms with van der Waals surface area (Å²) < 4.78 is 2.38. The third-order valence-electron chi connectivity index (χ3n) is 3.94. The summed E-state index contributed by atoms with van der Waals surface area (Å²) in [6.07, 6.45) is 11.4. The van der Waals surface area contributed by atoms with Crippen molar-refractivity contribution in [3.63, 3.8) is 0 Å². The molecule has 1 atom stereocenters. The summed E-state index contributed by atoms with van der Waals surface area (Å²) in [5.41, 5.74) is 1.13. The lowest BCUT2D eigenvalue weighted by Gasteiger charge is -2.19. The molecule has 1 aromatic rings. The van der Waals surface area contributed by atoms with Gasteiger partial charge in [0.25, 0.3) is 0 Å². The Morgan fingerprint density at radius 1 is 1.44 bits per heavy atom. The minimum Gasteiger partial charge on any atom is -0.353 e. The maximum atomic E-state index is 4.66. The molecule has 3 nitrogen and oxygen atoms in total. The lowest BCUT2D eigenvalue weighted by atomic mass is 10.1. The molecule has 1 heterocycles. The SMILES string of the molecule is CCCCC(C)Nc1nc(C)cn1C1CCCC1. The monoisotopic (exact) mass is 249 g/mol. The van der Waals surface area contributed by atoms with Crippen molar-refractivity contribution in [1.82, 2.24) is 9.55 Å². The van der Waals surface area contributed by atoms with Crippen LogP contribution in [0.5, 0.6) is 0 Å². The van der Waals surface area contributed by atoms with Gasteiger partial charge in [-0.1, -0.05) is 32.6 Å². The van der Waals surface area contributed by atoms with Gasteiger partial charge in [0.05, 0.1) is 5.69 Å². The first kappa shape index (κ1) is 13.4. The molecule has 1 saturated carbocycles. The number of imidazole rings is 1. The fraction of sp³-hybridized carbons (Fsp3) is 0.800. The molecule has 0 radical (unpaired) electrons. The van der Waals surface area contributed by atoms with Crippen LogP contribution in [0.4, 0.5) is 5.95 Å². The van der Waals surface area contributed by atoms with Crippen LogP contribution in [0.15, 0.2) is 6.20 Å². The minimum atomic E-state index is 0.520. The van der Waals surface area contributed by atoms with Crippen LogP contribution >= 0.6 is 0 Å². The van der Waals surface area contributed by atoms with Gasteiger partial charge in [-0.05, 0) is 33.1 Å². The van der Waals surface area contributed by atoms with E-state index in [1.165, 1.54) is 44.9 Å². The van der Waals surface area contributed by atoms with Gasteiger partial charge in [-0.3, -0.25) is 0 Å². The first-order valence-electron chi connectivity index (χ1n) is 7.52. The van der Waals surface area contributed by atoms with Crippen molar-refractivity contribution in [2.45, 2.75) is 77.8 Å². The first-order valence-corrected chi connectivity index (χ1v) is 7.52. The van der Waals surface area contributed by atoms with Crippen molar-refractivity contribution >= 4 is 5.95 Å². The number of aromatic nitrogens is 2. The first-order chi connectivity index (χ1) is 8.70. The molecule has 1 aromatic heterocycles. The minimum absolute atomic E-state index is 0.520. The highest BCUT2D eigenvalue weighted by atomic mass is 15.2. The topological polar surface area (TPSA) is 29.9 Å². The van der Waals surface area contributed by atoms with Crippen molar-refractivity contribution in [3.8, 4) is 0 Å². The fourth-order valence-electron chi connectivity index (χ4n) is 2.89. The van der Waals surface area contributed by atoms with Crippen molar-refractivity contribution in [2.24, 2.45) is 0 Å². The average molecular weight is 249 g/mol. The number of hydrogen-bond donors (Lipinski definition) is 1. The molecular weight excluding hydrogens is 222 g/mol. The molecule has 0 amide bonds. The predicted octanol–water partition coefficient (Wildman–Crippen LogP) is 4.30. The van der Waals surface area contributed by atoms with E-state index < -0.39 is 0 Å². The molecule has 1 aliphatic rings. The smallest absolute Gasteiger partial charge is 0.203 e. The van der Waals surface area contributed by atoms with Gasteiger partial charge < -0.3 is 9.88 Å². The van der Waals surface area contributed by atoms with E-state index in [0.717, 1.165) is 11.6 Å². The van der Waals surface area contributed by atoms with E-state index >= 15 is 0 Å². The largest absolute Gasteiger partial charge is 0.353 e. The second-order valence-corrected chi connectivity index (χ2v) is 5.74. The molecule has 2 rings (SSSR count). The van der Waals surface area contributed by atoms with Crippen molar-refractivity contribution in [1.29, 1.82) is 0 Å². The molecule has 0 spiro atoms. The third-order valence-corrected chi connectivity index (χ3v) is 3.94. The zero-order valence-corrected chi connectivity index (χ0v) is 12.1. The molecule has 3 heteroatoms. The molecule has 0 aliphatic heterocycles. The molecule has 0 bridgehead atoms. The standard InChI is InChI=1S/C15H27N3/c1-4-5-8-12(2)16-15-17-13(3)11-18(15)14-9-6-7-10-14/h11-12,14H,4-10H2,1-3H3,(H,16,17). The molecule has 1 unspecified atom stereocenters. The lowest BCUT2D eigenvalue weighted by Crippen LogP contribution is -2.19. The van der Waals surface area contributed by atoms with Gasteiger partial charge in [0.2, 0.25) is 5.95 Å². The van der Waals surface area contributed by atoms with Crippen LogP contribution in [0.1, 0.15) is 70.5 Å². The Morgan fingerprint density at radius 3 is 2.83 bits per heavy atom. The van der Waals surface area contributed by atoms with E-state index in [-0.39, 0.29) is 0 Å². The Kier molecular flexibility index (Phi) is 4.67. The fourth-order valence-corrected chi connectivity index (χ4v) is 2.89. The average Bonchev–Trinajstić information content (AvgIpc) is 2.95. The third kappa shape index (κ3) is 3.27. The van der Waals surface area contributed by atoms with E-state index in [9.17, 15) is 0 Å². The van der Waals surface area contributed by atoms with Crippen LogP contribution in [-0.2, 0) is 0 Å². The second-order valence-electron chi connectivity index (χ2n) is 5.74. The highest BCUT2D eigenvalue weighted by Crippen LogP contribution is 2.32. The van der Waals surface area contributed by atoms with Crippen LogP contribution in [-0.4, -0.2) is 15.6 Å². The Morgan fingerprint density at radius 2 is 2.17 bits per heavy atom. The van der Waals surface area contributed by atoms with Crippen LogP contribution in [0.3, 0.4) is 0 Å². The number of anilines is 1. The van der Waals surface area contributed by atoms with E-state index in [4.69, 9.17) is 0 Å². The Labute approximate surface area is 111 Å². The van der Waals surface area contributed by atoms with Gasteiger partial charge >= 0.3 is 0 Å². The lowest BCUT2D eigenvalue weighted by molar-refractivity contribution is 0.517. The van der Waals surface area contributed by atoms with Gasteiger partial charge in [-0.25, -0.2) is 4.98 Å². The number of hydrogen-bond acceptors (Lipinski definition) is 2. The van der Waals surface area contributed by atoms with Crippen molar-refractivity contribution in [3.05, 3.63) is 11.9 Å². The molecule has 1 aliphatic carbocycles. The van der Waals surface area contributed by atoms with E-state index in [2.05, 4.69) is 41.8 Å². The van der Waals surface area contributed by atoms with Crippen molar-refractivity contribution in [2.75, 3.05) is 5.32 Å². The number of nitrogens with zero attached hydrogens (tertiary/aromatic N) is 2. The zero-order valence-electron chi connectivity index (χ0n) is 12.1. The molecule has 1 N–H and O–H groups in total. The van der Waals surface area contributed by atoms with Gasteiger partial charge in [-0.2, -0.15) is 0 Å². The molecular formula is C15H27N3.